The maximum Gasteiger partial charge on any atom is 0.351 e. The lowest BCUT2D eigenvalue weighted by atomic mass is 10.2. The van der Waals surface area contributed by atoms with Gasteiger partial charge in [-0.2, -0.15) is 4.68 Å². The van der Waals surface area contributed by atoms with Crippen molar-refractivity contribution in [1.29, 1.82) is 0 Å². The van der Waals surface area contributed by atoms with Gasteiger partial charge in [-0.25, -0.2) is 4.79 Å². The number of rotatable bonds is 7. The lowest BCUT2D eigenvalue weighted by Gasteiger charge is -2.13. The third-order valence-electron chi connectivity index (χ3n) is 5.23. The SMILES string of the molecule is COc1ccc(-n2nc(-c3ccccc3)n(CC(=O)N[C@@H](C)C3CC3)c2=O)cc1. The normalized spacial score (nSPS) is 14.4. The third-order valence-corrected chi connectivity index (χ3v) is 5.23. The highest BCUT2D eigenvalue weighted by atomic mass is 16.5. The number of carbonyl (C=O) groups excluding carboxylic acids is 1. The Morgan fingerprint density at radius 3 is 2.48 bits per heavy atom. The molecule has 7 heteroatoms. The van der Waals surface area contributed by atoms with Gasteiger partial charge in [0.15, 0.2) is 5.82 Å². The molecule has 1 heterocycles. The predicted molar refractivity (Wildman–Crippen MR) is 110 cm³/mol. The Bertz CT molecular complexity index is 1050. The molecule has 0 aliphatic heterocycles. The standard InChI is InChI=1S/C22H24N4O3/c1-15(16-8-9-16)23-20(27)14-25-21(17-6-4-3-5-7-17)24-26(22(25)28)18-10-12-19(29-2)13-11-18/h3-7,10-13,15-16H,8-9,14H2,1-2H3,(H,23,27)/t15-/m0/s1. The van der Waals surface area contributed by atoms with Crippen LogP contribution in [0.3, 0.4) is 0 Å². The van der Waals surface area contributed by atoms with Crippen LogP contribution in [0.4, 0.5) is 0 Å². The van der Waals surface area contributed by atoms with Crippen molar-refractivity contribution in [3.8, 4) is 22.8 Å². The lowest BCUT2D eigenvalue weighted by molar-refractivity contribution is -0.122. The zero-order chi connectivity index (χ0) is 20.4. The summed E-state index contributed by atoms with van der Waals surface area (Å²) in [6, 6.07) is 16.6. The Hall–Kier alpha value is -3.35. The summed E-state index contributed by atoms with van der Waals surface area (Å²) >= 11 is 0. The van der Waals surface area contributed by atoms with Crippen molar-refractivity contribution in [2.45, 2.75) is 32.4 Å². The summed E-state index contributed by atoms with van der Waals surface area (Å²) in [6.07, 6.45) is 2.29. The first-order valence-electron chi connectivity index (χ1n) is 9.76. The van der Waals surface area contributed by atoms with Crippen LogP contribution in [0.15, 0.2) is 59.4 Å². The minimum absolute atomic E-state index is 0.0731. The number of carbonyl (C=O) groups is 1. The molecule has 150 valence electrons. The van der Waals surface area contributed by atoms with Crippen LogP contribution in [-0.4, -0.2) is 33.4 Å². The molecule has 2 aromatic carbocycles. The molecule has 1 amide bonds. The van der Waals surface area contributed by atoms with Crippen LogP contribution in [0.1, 0.15) is 19.8 Å². The zero-order valence-electron chi connectivity index (χ0n) is 16.5. The van der Waals surface area contributed by atoms with Crippen molar-refractivity contribution in [3.05, 3.63) is 65.1 Å². The highest BCUT2D eigenvalue weighted by Gasteiger charge is 2.29. The quantitative estimate of drug-likeness (QED) is 0.670. The van der Waals surface area contributed by atoms with Crippen molar-refractivity contribution in [1.82, 2.24) is 19.7 Å². The predicted octanol–water partition coefficient (Wildman–Crippen LogP) is 2.62. The second-order valence-electron chi connectivity index (χ2n) is 7.36. The summed E-state index contributed by atoms with van der Waals surface area (Å²) in [5, 5.41) is 7.54. The second kappa shape index (κ2) is 7.95. The summed E-state index contributed by atoms with van der Waals surface area (Å²) in [5.74, 6) is 1.52. The molecule has 1 atom stereocenters. The molecule has 0 radical (unpaired) electrons. The highest BCUT2D eigenvalue weighted by molar-refractivity contribution is 5.76. The Balaban J connectivity index is 1.70. The molecule has 1 aliphatic carbocycles. The van der Waals surface area contributed by atoms with Crippen molar-refractivity contribution in [3.63, 3.8) is 0 Å². The molecule has 0 saturated heterocycles. The van der Waals surface area contributed by atoms with Gasteiger partial charge >= 0.3 is 5.69 Å². The van der Waals surface area contributed by atoms with Gasteiger partial charge < -0.3 is 10.1 Å². The van der Waals surface area contributed by atoms with E-state index in [-0.39, 0.29) is 24.2 Å². The van der Waals surface area contributed by atoms with Crippen molar-refractivity contribution >= 4 is 5.91 Å². The first-order chi connectivity index (χ1) is 14.1. The Kier molecular flexibility index (Phi) is 5.20. The zero-order valence-corrected chi connectivity index (χ0v) is 16.5. The molecule has 1 N–H and O–H groups in total. The smallest absolute Gasteiger partial charge is 0.351 e. The average molecular weight is 392 g/mol. The van der Waals surface area contributed by atoms with Crippen LogP contribution in [0.2, 0.25) is 0 Å². The monoisotopic (exact) mass is 392 g/mol. The molecular weight excluding hydrogens is 368 g/mol. The molecule has 4 rings (SSSR count). The van der Waals surface area contributed by atoms with E-state index in [1.165, 1.54) is 9.25 Å². The highest BCUT2D eigenvalue weighted by Crippen LogP contribution is 2.32. The average Bonchev–Trinajstić information content (AvgIpc) is 3.55. The summed E-state index contributed by atoms with van der Waals surface area (Å²) in [7, 11) is 1.59. The first kappa shape index (κ1) is 19.0. The minimum Gasteiger partial charge on any atom is -0.497 e. The van der Waals surface area contributed by atoms with Crippen LogP contribution in [-0.2, 0) is 11.3 Å². The van der Waals surface area contributed by atoms with E-state index in [0.717, 1.165) is 18.4 Å². The van der Waals surface area contributed by atoms with Gasteiger partial charge in [-0.05, 0) is 49.9 Å². The molecular formula is C22H24N4O3. The Morgan fingerprint density at radius 2 is 1.86 bits per heavy atom. The number of nitrogens with zero attached hydrogens (tertiary/aromatic N) is 3. The second-order valence-corrected chi connectivity index (χ2v) is 7.36. The van der Waals surface area contributed by atoms with Crippen LogP contribution in [0.5, 0.6) is 5.75 Å². The summed E-state index contributed by atoms with van der Waals surface area (Å²) in [5.41, 5.74) is 1.03. The maximum absolute atomic E-state index is 13.1. The molecule has 1 saturated carbocycles. The fraction of sp³-hybridized carbons (Fsp3) is 0.318. The van der Waals surface area contributed by atoms with E-state index in [4.69, 9.17) is 4.74 Å². The van der Waals surface area contributed by atoms with Crippen LogP contribution >= 0.6 is 0 Å². The van der Waals surface area contributed by atoms with Gasteiger partial charge in [0.1, 0.15) is 12.3 Å². The molecule has 0 bridgehead atoms. The van der Waals surface area contributed by atoms with E-state index in [1.807, 2.05) is 37.3 Å². The van der Waals surface area contributed by atoms with E-state index >= 15 is 0 Å². The van der Waals surface area contributed by atoms with Gasteiger partial charge in [-0.1, -0.05) is 30.3 Å². The number of hydrogen-bond acceptors (Lipinski definition) is 4. The van der Waals surface area contributed by atoms with Gasteiger partial charge in [0.05, 0.1) is 12.8 Å². The molecule has 0 spiro atoms. The Labute approximate surface area is 168 Å². The number of methoxy groups -OCH3 is 1. The topological polar surface area (TPSA) is 78.2 Å². The molecule has 3 aromatic rings. The third kappa shape index (κ3) is 4.08. The van der Waals surface area contributed by atoms with Crippen molar-refractivity contribution in [2.24, 2.45) is 5.92 Å². The summed E-state index contributed by atoms with van der Waals surface area (Å²) in [4.78, 5) is 25.7. The molecule has 1 aromatic heterocycles. The van der Waals surface area contributed by atoms with E-state index in [1.54, 1.807) is 31.4 Å². The van der Waals surface area contributed by atoms with E-state index in [0.29, 0.717) is 23.2 Å². The summed E-state index contributed by atoms with van der Waals surface area (Å²) < 4.78 is 7.93. The number of benzene rings is 2. The van der Waals surface area contributed by atoms with Crippen LogP contribution < -0.4 is 15.7 Å². The van der Waals surface area contributed by atoms with Crippen molar-refractivity contribution < 1.29 is 9.53 Å². The molecule has 1 aliphatic rings. The van der Waals surface area contributed by atoms with E-state index in [2.05, 4.69) is 10.4 Å². The summed E-state index contributed by atoms with van der Waals surface area (Å²) in [6.45, 7) is 1.94. The molecule has 0 unspecified atom stereocenters. The molecule has 1 fully saturated rings. The largest absolute Gasteiger partial charge is 0.497 e. The first-order valence-corrected chi connectivity index (χ1v) is 9.76. The fourth-order valence-corrected chi connectivity index (χ4v) is 3.39. The van der Waals surface area contributed by atoms with Gasteiger partial charge in [0, 0.05) is 11.6 Å². The lowest BCUT2D eigenvalue weighted by Crippen LogP contribution is -2.38. The van der Waals surface area contributed by atoms with E-state index < -0.39 is 0 Å². The Morgan fingerprint density at radius 1 is 1.17 bits per heavy atom. The fourth-order valence-electron chi connectivity index (χ4n) is 3.39. The van der Waals surface area contributed by atoms with Gasteiger partial charge in [0.2, 0.25) is 5.91 Å². The van der Waals surface area contributed by atoms with Crippen LogP contribution in [0.25, 0.3) is 17.1 Å². The molecule has 7 nitrogen and oxygen atoms in total. The van der Waals surface area contributed by atoms with Gasteiger partial charge in [-0.15, -0.1) is 5.10 Å². The van der Waals surface area contributed by atoms with Crippen LogP contribution in [0, 0.1) is 5.92 Å². The molecule has 29 heavy (non-hydrogen) atoms. The number of amides is 1. The van der Waals surface area contributed by atoms with Crippen molar-refractivity contribution in [2.75, 3.05) is 7.11 Å². The maximum atomic E-state index is 13.1. The van der Waals surface area contributed by atoms with Gasteiger partial charge in [-0.3, -0.25) is 9.36 Å². The van der Waals surface area contributed by atoms with E-state index in [9.17, 15) is 9.59 Å². The van der Waals surface area contributed by atoms with Gasteiger partial charge in [0.25, 0.3) is 0 Å². The minimum atomic E-state index is -0.358. The number of ether oxygens (including phenoxy) is 1. The number of aromatic nitrogens is 3. The number of hydrogen-bond donors (Lipinski definition) is 1. The number of nitrogens with one attached hydrogen (secondary N) is 1.